The van der Waals surface area contributed by atoms with Gasteiger partial charge < -0.3 is 15.8 Å². The summed E-state index contributed by atoms with van der Waals surface area (Å²) in [6, 6.07) is 3.64. The average molecular weight is 246 g/mol. The smallest absolute Gasteiger partial charge is 0.149 e. The first-order chi connectivity index (χ1) is 8.79. The third-order valence-corrected chi connectivity index (χ3v) is 3.08. The van der Waals surface area contributed by atoms with Crippen LogP contribution in [0.5, 0.6) is 0 Å². The lowest BCUT2D eigenvalue weighted by Crippen LogP contribution is -2.22. The minimum atomic E-state index is 0.353. The van der Waals surface area contributed by atoms with Gasteiger partial charge in [0.2, 0.25) is 0 Å². The number of nitrogens with one attached hydrogen (secondary N) is 1. The van der Waals surface area contributed by atoms with Crippen LogP contribution in [0.3, 0.4) is 0 Å². The van der Waals surface area contributed by atoms with Crippen molar-refractivity contribution in [3.63, 3.8) is 0 Å². The van der Waals surface area contributed by atoms with Gasteiger partial charge in [-0.3, -0.25) is 0 Å². The van der Waals surface area contributed by atoms with Crippen molar-refractivity contribution >= 4 is 11.5 Å². The number of hydrogen-bond acceptors (Lipinski definition) is 5. The van der Waals surface area contributed by atoms with E-state index in [9.17, 15) is 0 Å². The van der Waals surface area contributed by atoms with Gasteiger partial charge in [0.15, 0.2) is 0 Å². The quantitative estimate of drug-likeness (QED) is 0.847. The summed E-state index contributed by atoms with van der Waals surface area (Å²) in [5.41, 5.74) is 6.80. The molecule has 1 saturated heterocycles. The molecule has 1 unspecified atom stereocenters. The van der Waals surface area contributed by atoms with E-state index in [1.165, 1.54) is 19.0 Å². The Labute approximate surface area is 107 Å². The van der Waals surface area contributed by atoms with Crippen molar-refractivity contribution in [2.75, 3.05) is 24.2 Å². The highest BCUT2D eigenvalue weighted by atomic mass is 16.5. The summed E-state index contributed by atoms with van der Waals surface area (Å²) in [5.74, 6) is 0.643. The zero-order valence-electron chi connectivity index (χ0n) is 10.4. The van der Waals surface area contributed by atoms with Crippen molar-refractivity contribution in [3.05, 3.63) is 17.8 Å². The van der Waals surface area contributed by atoms with E-state index < -0.39 is 0 Å². The minimum Gasteiger partial charge on any atom is -0.396 e. The molecule has 1 aromatic heterocycles. The standard InChI is InChI=1S/C13H18N4O/c14-8-10-7-12(15)13(17-9-10)16-5-4-11-3-1-2-6-18-11/h7,9,11H,1-6,15H2,(H,16,17). The number of nitrogens with two attached hydrogens (primary N) is 1. The van der Waals surface area contributed by atoms with Crippen molar-refractivity contribution in [1.82, 2.24) is 4.98 Å². The van der Waals surface area contributed by atoms with E-state index in [-0.39, 0.29) is 0 Å². The molecular formula is C13H18N4O. The van der Waals surface area contributed by atoms with E-state index in [0.29, 0.717) is 23.2 Å². The molecule has 0 bridgehead atoms. The highest BCUT2D eigenvalue weighted by Crippen LogP contribution is 2.18. The molecular weight excluding hydrogens is 228 g/mol. The molecule has 1 atom stereocenters. The number of nitrogen functional groups attached to an aromatic ring is 1. The van der Waals surface area contributed by atoms with Gasteiger partial charge >= 0.3 is 0 Å². The number of pyridine rings is 1. The Bertz CT molecular complexity index is 435. The third-order valence-electron chi connectivity index (χ3n) is 3.08. The van der Waals surface area contributed by atoms with Gasteiger partial charge in [-0.25, -0.2) is 4.98 Å². The Kier molecular flexibility index (Phi) is 4.37. The molecule has 0 aromatic carbocycles. The molecule has 0 aliphatic carbocycles. The molecule has 0 spiro atoms. The highest BCUT2D eigenvalue weighted by molar-refractivity contribution is 5.62. The zero-order valence-corrected chi connectivity index (χ0v) is 10.4. The Morgan fingerprint density at radius 3 is 3.11 bits per heavy atom. The maximum Gasteiger partial charge on any atom is 0.149 e. The van der Waals surface area contributed by atoms with Crippen molar-refractivity contribution in [2.45, 2.75) is 31.8 Å². The molecule has 0 saturated carbocycles. The molecule has 3 N–H and O–H groups in total. The number of nitrogens with zero attached hydrogens (tertiary/aromatic N) is 2. The molecule has 1 aliphatic heterocycles. The van der Waals surface area contributed by atoms with Gasteiger partial charge in [-0.2, -0.15) is 5.26 Å². The zero-order chi connectivity index (χ0) is 12.8. The first-order valence-corrected chi connectivity index (χ1v) is 6.30. The van der Waals surface area contributed by atoms with Gasteiger partial charge in [0.05, 0.1) is 17.4 Å². The van der Waals surface area contributed by atoms with Crippen LogP contribution in [0.15, 0.2) is 12.3 Å². The largest absolute Gasteiger partial charge is 0.396 e. The van der Waals surface area contributed by atoms with Gasteiger partial charge in [0, 0.05) is 19.3 Å². The normalized spacial score (nSPS) is 19.2. The Hall–Kier alpha value is -1.80. The molecule has 5 heteroatoms. The van der Waals surface area contributed by atoms with Crippen molar-refractivity contribution in [3.8, 4) is 6.07 Å². The lowest BCUT2D eigenvalue weighted by atomic mass is 10.1. The lowest BCUT2D eigenvalue weighted by molar-refractivity contribution is 0.0134. The molecule has 1 aromatic rings. The van der Waals surface area contributed by atoms with Gasteiger partial charge in [0.1, 0.15) is 11.9 Å². The number of rotatable bonds is 4. The summed E-state index contributed by atoms with van der Waals surface area (Å²) >= 11 is 0. The van der Waals surface area contributed by atoms with Crippen molar-refractivity contribution in [1.29, 1.82) is 5.26 Å². The summed E-state index contributed by atoms with van der Waals surface area (Å²) < 4.78 is 5.65. The predicted octanol–water partition coefficient (Wildman–Crippen LogP) is 1.91. The number of ether oxygens (including phenoxy) is 1. The SMILES string of the molecule is N#Cc1cnc(NCCC2CCCCO2)c(N)c1. The molecule has 1 aliphatic rings. The predicted molar refractivity (Wildman–Crippen MR) is 70.1 cm³/mol. The van der Waals surface area contributed by atoms with E-state index in [0.717, 1.165) is 26.0 Å². The second-order valence-corrected chi connectivity index (χ2v) is 4.48. The van der Waals surface area contributed by atoms with E-state index in [1.807, 2.05) is 6.07 Å². The van der Waals surface area contributed by atoms with Gasteiger partial charge in [-0.15, -0.1) is 0 Å². The fourth-order valence-corrected chi connectivity index (χ4v) is 2.08. The summed E-state index contributed by atoms with van der Waals surface area (Å²) in [4.78, 5) is 4.13. The average Bonchev–Trinajstić information content (AvgIpc) is 2.42. The van der Waals surface area contributed by atoms with Crippen LogP contribution in [0, 0.1) is 11.3 Å². The molecule has 1 fully saturated rings. The molecule has 0 radical (unpaired) electrons. The number of aromatic nitrogens is 1. The molecule has 2 rings (SSSR count). The molecule has 2 heterocycles. The molecule has 96 valence electrons. The Morgan fingerprint density at radius 1 is 1.56 bits per heavy atom. The van der Waals surface area contributed by atoms with Crippen molar-refractivity contribution in [2.24, 2.45) is 0 Å². The van der Waals surface area contributed by atoms with Crippen LogP contribution in [0.25, 0.3) is 0 Å². The Morgan fingerprint density at radius 2 is 2.44 bits per heavy atom. The third kappa shape index (κ3) is 3.34. The fraction of sp³-hybridized carbons (Fsp3) is 0.538. The van der Waals surface area contributed by atoms with Crippen LogP contribution in [0.1, 0.15) is 31.2 Å². The number of anilines is 2. The first-order valence-electron chi connectivity index (χ1n) is 6.30. The lowest BCUT2D eigenvalue weighted by Gasteiger charge is -2.22. The maximum absolute atomic E-state index is 8.72. The van der Waals surface area contributed by atoms with E-state index in [4.69, 9.17) is 15.7 Å². The second kappa shape index (κ2) is 6.22. The topological polar surface area (TPSA) is 84.0 Å². The summed E-state index contributed by atoms with van der Waals surface area (Å²) in [6.07, 6.45) is 6.40. The fourth-order valence-electron chi connectivity index (χ4n) is 2.08. The van der Waals surface area contributed by atoms with E-state index >= 15 is 0 Å². The van der Waals surface area contributed by atoms with Gasteiger partial charge in [0.25, 0.3) is 0 Å². The van der Waals surface area contributed by atoms with Crippen LogP contribution in [-0.4, -0.2) is 24.2 Å². The first kappa shape index (κ1) is 12.7. The van der Waals surface area contributed by atoms with Gasteiger partial charge in [-0.1, -0.05) is 0 Å². The highest BCUT2D eigenvalue weighted by Gasteiger charge is 2.13. The second-order valence-electron chi connectivity index (χ2n) is 4.48. The van der Waals surface area contributed by atoms with E-state index in [2.05, 4.69) is 10.3 Å². The van der Waals surface area contributed by atoms with Gasteiger partial charge in [-0.05, 0) is 31.7 Å². The van der Waals surface area contributed by atoms with Crippen LogP contribution in [0.2, 0.25) is 0 Å². The van der Waals surface area contributed by atoms with Crippen LogP contribution in [0.4, 0.5) is 11.5 Å². The Balaban J connectivity index is 1.81. The summed E-state index contributed by atoms with van der Waals surface area (Å²) in [7, 11) is 0. The molecule has 5 nitrogen and oxygen atoms in total. The molecule has 18 heavy (non-hydrogen) atoms. The van der Waals surface area contributed by atoms with Crippen molar-refractivity contribution < 1.29 is 4.74 Å². The summed E-state index contributed by atoms with van der Waals surface area (Å²) in [6.45, 7) is 1.66. The van der Waals surface area contributed by atoms with E-state index in [1.54, 1.807) is 6.07 Å². The summed E-state index contributed by atoms with van der Waals surface area (Å²) in [5, 5.41) is 11.9. The van der Waals surface area contributed by atoms with Crippen LogP contribution in [-0.2, 0) is 4.74 Å². The van der Waals surface area contributed by atoms with Crippen LogP contribution >= 0.6 is 0 Å². The monoisotopic (exact) mass is 246 g/mol. The molecule has 0 amide bonds. The number of nitriles is 1. The van der Waals surface area contributed by atoms with Crippen LogP contribution < -0.4 is 11.1 Å². The minimum absolute atomic E-state index is 0.353. The maximum atomic E-state index is 8.72. The number of hydrogen-bond donors (Lipinski definition) is 2.